The van der Waals surface area contributed by atoms with Crippen LogP contribution in [0.2, 0.25) is 0 Å². The van der Waals surface area contributed by atoms with Crippen molar-refractivity contribution in [3.63, 3.8) is 0 Å². The van der Waals surface area contributed by atoms with Gasteiger partial charge >= 0.3 is 0 Å². The van der Waals surface area contributed by atoms with Gasteiger partial charge in [-0.3, -0.25) is 9.59 Å². The van der Waals surface area contributed by atoms with Crippen LogP contribution in [0, 0.1) is 0 Å². The van der Waals surface area contributed by atoms with Crippen LogP contribution >= 0.6 is 15.9 Å². The summed E-state index contributed by atoms with van der Waals surface area (Å²) in [4.78, 5) is 27.9. The molecule has 0 atom stereocenters. The second-order valence-electron chi connectivity index (χ2n) is 5.39. The fraction of sp³-hybridized carbons (Fsp3) is 0.176. The zero-order valence-corrected chi connectivity index (χ0v) is 15.3. The average Bonchev–Trinajstić information content (AvgIpc) is 3.32. The Morgan fingerprint density at radius 3 is 2.88 bits per heavy atom. The Hall–Kier alpha value is -2.94. The van der Waals surface area contributed by atoms with E-state index >= 15 is 0 Å². The summed E-state index contributed by atoms with van der Waals surface area (Å²) in [7, 11) is 0. The molecule has 8 nitrogen and oxygen atoms in total. The largest absolute Gasteiger partial charge is 0.459 e. The Balaban J connectivity index is 1.52. The molecular weight excluding hydrogens is 402 g/mol. The molecule has 134 valence electrons. The van der Waals surface area contributed by atoms with E-state index in [9.17, 15) is 9.59 Å². The van der Waals surface area contributed by atoms with Crippen LogP contribution in [-0.4, -0.2) is 33.1 Å². The van der Waals surface area contributed by atoms with Gasteiger partial charge < -0.3 is 15.1 Å². The molecule has 2 N–H and O–H groups in total. The van der Waals surface area contributed by atoms with Gasteiger partial charge in [0.1, 0.15) is 12.7 Å². The van der Waals surface area contributed by atoms with Gasteiger partial charge in [0, 0.05) is 17.4 Å². The maximum atomic E-state index is 12.2. The Morgan fingerprint density at radius 2 is 2.15 bits per heavy atom. The van der Waals surface area contributed by atoms with Gasteiger partial charge in [-0.1, -0.05) is 15.9 Å². The quantitative estimate of drug-likeness (QED) is 0.575. The molecule has 2 heterocycles. The number of halogens is 1. The van der Waals surface area contributed by atoms with Gasteiger partial charge in [0.2, 0.25) is 5.91 Å². The van der Waals surface area contributed by atoms with Crippen molar-refractivity contribution < 1.29 is 14.0 Å². The molecule has 3 rings (SSSR count). The Kier molecular flexibility index (Phi) is 5.80. The number of carbonyl (C=O) groups is 2. The lowest BCUT2D eigenvalue weighted by Crippen LogP contribution is -2.25. The Bertz CT molecular complexity index is 878. The fourth-order valence-corrected chi connectivity index (χ4v) is 2.66. The average molecular weight is 418 g/mol. The zero-order chi connectivity index (χ0) is 18.4. The summed E-state index contributed by atoms with van der Waals surface area (Å²) >= 11 is 3.40. The monoisotopic (exact) mass is 417 g/mol. The number of nitrogens with zero attached hydrogens (tertiary/aromatic N) is 3. The molecule has 1 aromatic carbocycles. The second kappa shape index (κ2) is 8.43. The third-order valence-electron chi connectivity index (χ3n) is 3.51. The minimum Gasteiger partial charge on any atom is -0.459 e. The van der Waals surface area contributed by atoms with Crippen LogP contribution < -0.4 is 10.6 Å². The maximum Gasteiger partial charge on any atom is 0.286 e. The van der Waals surface area contributed by atoms with Crippen molar-refractivity contribution in [1.82, 2.24) is 20.1 Å². The molecule has 2 aromatic heterocycles. The summed E-state index contributed by atoms with van der Waals surface area (Å²) in [5.41, 5.74) is 1.33. The Morgan fingerprint density at radius 1 is 1.27 bits per heavy atom. The molecule has 0 saturated carbocycles. The van der Waals surface area contributed by atoms with E-state index in [0.29, 0.717) is 24.3 Å². The molecule has 2 amide bonds. The molecule has 0 unspecified atom stereocenters. The summed E-state index contributed by atoms with van der Waals surface area (Å²) in [5.74, 6) is -0.200. The number of aromatic nitrogens is 3. The predicted molar refractivity (Wildman–Crippen MR) is 98.0 cm³/mol. The smallest absolute Gasteiger partial charge is 0.286 e. The number of rotatable bonds is 7. The van der Waals surface area contributed by atoms with E-state index < -0.39 is 0 Å². The van der Waals surface area contributed by atoms with Crippen molar-refractivity contribution in [1.29, 1.82) is 0 Å². The van der Waals surface area contributed by atoms with E-state index in [4.69, 9.17) is 4.42 Å². The highest BCUT2D eigenvalue weighted by molar-refractivity contribution is 9.10. The van der Waals surface area contributed by atoms with E-state index in [1.807, 2.05) is 12.1 Å². The van der Waals surface area contributed by atoms with Gasteiger partial charge in [-0.15, -0.1) is 0 Å². The van der Waals surface area contributed by atoms with Crippen molar-refractivity contribution in [3.8, 4) is 5.69 Å². The van der Waals surface area contributed by atoms with Crippen LogP contribution in [0.3, 0.4) is 0 Å². The van der Waals surface area contributed by atoms with Crippen molar-refractivity contribution >= 4 is 33.4 Å². The highest BCUT2D eigenvalue weighted by Gasteiger charge is 2.11. The van der Waals surface area contributed by atoms with Gasteiger partial charge in [-0.2, -0.15) is 5.10 Å². The third-order valence-corrected chi connectivity index (χ3v) is 4.00. The number of nitrogens with one attached hydrogen (secondary N) is 2. The maximum absolute atomic E-state index is 12.2. The Labute approximate surface area is 157 Å². The number of furan rings is 1. The molecule has 9 heteroatoms. The standard InChI is InChI=1S/C17H16BrN5O3/c18-12-5-6-14(23-11-19-10-21-23)13(9-12)22-16(24)4-1-7-20-17(25)15-3-2-8-26-15/h2-3,5-6,8-11H,1,4,7H2,(H,20,25)(H,22,24). The molecule has 3 aromatic rings. The summed E-state index contributed by atoms with van der Waals surface area (Å²) < 4.78 is 7.41. The number of hydrogen-bond acceptors (Lipinski definition) is 5. The van der Waals surface area contributed by atoms with Crippen LogP contribution in [0.15, 0.2) is 58.1 Å². The lowest BCUT2D eigenvalue weighted by molar-refractivity contribution is -0.116. The molecule has 0 spiro atoms. The first-order valence-electron chi connectivity index (χ1n) is 7.89. The lowest BCUT2D eigenvalue weighted by atomic mass is 10.2. The van der Waals surface area contributed by atoms with E-state index in [2.05, 4.69) is 36.6 Å². The highest BCUT2D eigenvalue weighted by atomic mass is 79.9. The fourth-order valence-electron chi connectivity index (χ4n) is 2.30. The molecule has 26 heavy (non-hydrogen) atoms. The summed E-state index contributed by atoms with van der Waals surface area (Å²) in [6, 6.07) is 8.72. The molecule has 0 radical (unpaired) electrons. The summed E-state index contributed by atoms with van der Waals surface area (Å²) in [6.45, 7) is 0.376. The van der Waals surface area contributed by atoms with Gasteiger partial charge in [0.15, 0.2) is 5.76 Å². The number of benzene rings is 1. The van der Waals surface area contributed by atoms with Gasteiger partial charge in [-0.05, 0) is 36.8 Å². The topological polar surface area (TPSA) is 102 Å². The minimum atomic E-state index is -0.295. The van der Waals surface area contributed by atoms with Gasteiger partial charge in [0.05, 0.1) is 17.6 Å². The first kappa shape index (κ1) is 17.9. The van der Waals surface area contributed by atoms with Crippen molar-refractivity contribution in [2.45, 2.75) is 12.8 Å². The van der Waals surface area contributed by atoms with E-state index in [1.54, 1.807) is 29.2 Å². The molecule has 0 aliphatic rings. The molecule has 0 bridgehead atoms. The second-order valence-corrected chi connectivity index (χ2v) is 6.30. The van der Waals surface area contributed by atoms with Crippen LogP contribution in [0.5, 0.6) is 0 Å². The summed E-state index contributed by atoms with van der Waals surface area (Å²) in [6.07, 6.45) is 5.19. The number of anilines is 1. The van der Waals surface area contributed by atoms with Crippen LogP contribution in [0.25, 0.3) is 5.69 Å². The van der Waals surface area contributed by atoms with Crippen molar-refractivity contribution in [2.75, 3.05) is 11.9 Å². The van der Waals surface area contributed by atoms with Gasteiger partial charge in [0.25, 0.3) is 5.91 Å². The van der Waals surface area contributed by atoms with E-state index in [1.165, 1.54) is 12.6 Å². The number of amides is 2. The molecule has 0 fully saturated rings. The van der Waals surface area contributed by atoms with Crippen LogP contribution in [0.1, 0.15) is 23.4 Å². The third kappa shape index (κ3) is 4.57. The first-order chi connectivity index (χ1) is 12.6. The van der Waals surface area contributed by atoms with Crippen molar-refractivity contribution in [3.05, 3.63) is 59.5 Å². The zero-order valence-electron chi connectivity index (χ0n) is 13.7. The van der Waals surface area contributed by atoms with E-state index in [-0.39, 0.29) is 24.0 Å². The van der Waals surface area contributed by atoms with Gasteiger partial charge in [-0.25, -0.2) is 9.67 Å². The molecule has 0 aliphatic heterocycles. The van der Waals surface area contributed by atoms with Crippen LogP contribution in [-0.2, 0) is 4.79 Å². The SMILES string of the molecule is O=C(CCCNC(=O)c1ccco1)Nc1cc(Br)ccc1-n1cncn1. The predicted octanol–water partition coefficient (Wildman–Crippen LogP) is 2.77. The first-order valence-corrected chi connectivity index (χ1v) is 8.69. The normalized spacial score (nSPS) is 10.5. The highest BCUT2D eigenvalue weighted by Crippen LogP contribution is 2.24. The molecule has 0 aliphatic carbocycles. The molecule has 0 saturated heterocycles. The minimum absolute atomic E-state index is 0.156. The number of hydrogen-bond donors (Lipinski definition) is 2. The van der Waals surface area contributed by atoms with E-state index in [0.717, 1.165) is 4.47 Å². The molecular formula is C17H16BrN5O3. The summed E-state index contributed by atoms with van der Waals surface area (Å²) in [5, 5.41) is 9.66. The van der Waals surface area contributed by atoms with Crippen LogP contribution in [0.4, 0.5) is 5.69 Å². The lowest BCUT2D eigenvalue weighted by Gasteiger charge is -2.11. The van der Waals surface area contributed by atoms with Crippen molar-refractivity contribution in [2.24, 2.45) is 0 Å². The number of carbonyl (C=O) groups excluding carboxylic acids is 2.